The highest BCUT2D eigenvalue weighted by Gasteiger charge is 2.15. The van der Waals surface area contributed by atoms with Crippen molar-refractivity contribution in [2.24, 2.45) is 0 Å². The van der Waals surface area contributed by atoms with Gasteiger partial charge in [0.15, 0.2) is 0 Å². The zero-order chi connectivity index (χ0) is 12.1. The quantitative estimate of drug-likeness (QED) is 0.820. The molecule has 0 radical (unpaired) electrons. The molecule has 1 aromatic rings. The lowest BCUT2D eigenvalue weighted by Crippen LogP contribution is -2.36. The maximum atomic E-state index is 11.8. The number of carbonyl (C=O) groups is 1. The van der Waals surface area contributed by atoms with Crippen molar-refractivity contribution in [2.45, 2.75) is 19.9 Å². The van der Waals surface area contributed by atoms with Crippen molar-refractivity contribution in [3.63, 3.8) is 0 Å². The van der Waals surface area contributed by atoms with Crippen LogP contribution in [0.1, 0.15) is 21.5 Å². The minimum atomic E-state index is -0.0722. The van der Waals surface area contributed by atoms with Crippen molar-refractivity contribution >= 4 is 17.2 Å². The SMILES string of the molecule is CNC(C)CNC(=O)c1sc(C)cc1OC. The molecule has 90 valence electrons. The Hall–Kier alpha value is -1.07. The van der Waals surface area contributed by atoms with Gasteiger partial charge in [-0.1, -0.05) is 0 Å². The first-order valence-electron chi connectivity index (χ1n) is 5.18. The molecule has 1 unspecified atom stereocenters. The minimum absolute atomic E-state index is 0.0722. The summed E-state index contributed by atoms with van der Waals surface area (Å²) >= 11 is 1.45. The average Bonchev–Trinajstić information content (AvgIpc) is 2.66. The van der Waals surface area contributed by atoms with Gasteiger partial charge in [0.25, 0.3) is 5.91 Å². The summed E-state index contributed by atoms with van der Waals surface area (Å²) in [4.78, 5) is 13.6. The molecule has 1 rings (SSSR count). The van der Waals surface area contributed by atoms with Crippen LogP contribution in [-0.4, -0.2) is 32.7 Å². The Morgan fingerprint density at radius 3 is 2.88 bits per heavy atom. The number of rotatable bonds is 5. The average molecular weight is 242 g/mol. The molecule has 1 aromatic heterocycles. The van der Waals surface area contributed by atoms with Crippen LogP contribution in [0.25, 0.3) is 0 Å². The molecular formula is C11H18N2O2S. The van der Waals surface area contributed by atoms with E-state index >= 15 is 0 Å². The standard InChI is InChI=1S/C11H18N2O2S/c1-7(12-3)6-13-11(14)10-9(15-4)5-8(2)16-10/h5,7,12H,6H2,1-4H3,(H,13,14). The second-order valence-electron chi connectivity index (χ2n) is 3.65. The summed E-state index contributed by atoms with van der Waals surface area (Å²) in [7, 11) is 3.45. The van der Waals surface area contributed by atoms with Crippen LogP contribution < -0.4 is 15.4 Å². The first-order chi connectivity index (χ1) is 7.58. The van der Waals surface area contributed by atoms with E-state index in [0.717, 1.165) is 4.88 Å². The van der Waals surface area contributed by atoms with Gasteiger partial charge in [0.2, 0.25) is 0 Å². The Balaban J connectivity index is 2.65. The summed E-state index contributed by atoms with van der Waals surface area (Å²) in [6.45, 7) is 4.58. The predicted molar refractivity (Wildman–Crippen MR) is 66.5 cm³/mol. The molecule has 0 aliphatic carbocycles. The molecule has 0 saturated heterocycles. The van der Waals surface area contributed by atoms with Gasteiger partial charge < -0.3 is 15.4 Å². The van der Waals surface area contributed by atoms with E-state index < -0.39 is 0 Å². The van der Waals surface area contributed by atoms with Crippen LogP contribution in [-0.2, 0) is 0 Å². The van der Waals surface area contributed by atoms with Crippen LogP contribution >= 0.6 is 11.3 Å². The molecule has 0 spiro atoms. The van der Waals surface area contributed by atoms with Crippen LogP contribution in [0.2, 0.25) is 0 Å². The summed E-state index contributed by atoms with van der Waals surface area (Å²) in [5.41, 5.74) is 0. The maximum absolute atomic E-state index is 11.8. The van der Waals surface area contributed by atoms with E-state index in [1.54, 1.807) is 7.11 Å². The van der Waals surface area contributed by atoms with Crippen LogP contribution in [0.3, 0.4) is 0 Å². The number of methoxy groups -OCH3 is 1. The number of ether oxygens (including phenoxy) is 1. The van der Waals surface area contributed by atoms with E-state index in [1.807, 2.05) is 27.0 Å². The Kier molecular flexibility index (Phi) is 4.76. The van der Waals surface area contributed by atoms with Crippen molar-refractivity contribution in [1.29, 1.82) is 0 Å². The van der Waals surface area contributed by atoms with Crippen LogP contribution in [0.5, 0.6) is 5.75 Å². The highest BCUT2D eigenvalue weighted by molar-refractivity contribution is 7.14. The number of aryl methyl sites for hydroxylation is 1. The lowest BCUT2D eigenvalue weighted by Gasteiger charge is -2.11. The lowest BCUT2D eigenvalue weighted by molar-refractivity contribution is 0.0952. The minimum Gasteiger partial charge on any atom is -0.495 e. The fourth-order valence-corrected chi connectivity index (χ4v) is 2.12. The van der Waals surface area contributed by atoms with E-state index in [2.05, 4.69) is 10.6 Å². The fraction of sp³-hybridized carbons (Fsp3) is 0.545. The Bertz CT molecular complexity index is 363. The number of amides is 1. The van der Waals surface area contributed by atoms with Crippen LogP contribution in [0.4, 0.5) is 0 Å². The van der Waals surface area contributed by atoms with Gasteiger partial charge in [-0.2, -0.15) is 0 Å². The molecule has 0 aliphatic heterocycles. The van der Waals surface area contributed by atoms with E-state index in [4.69, 9.17) is 4.74 Å². The van der Waals surface area contributed by atoms with Gasteiger partial charge in [-0.15, -0.1) is 11.3 Å². The Morgan fingerprint density at radius 1 is 1.62 bits per heavy atom. The van der Waals surface area contributed by atoms with Gasteiger partial charge in [-0.05, 0) is 27.0 Å². The van der Waals surface area contributed by atoms with Gasteiger partial charge in [0.1, 0.15) is 10.6 Å². The summed E-state index contributed by atoms with van der Waals surface area (Å²) in [6, 6.07) is 2.14. The molecule has 0 aromatic carbocycles. The molecule has 4 nitrogen and oxygen atoms in total. The number of nitrogens with one attached hydrogen (secondary N) is 2. The van der Waals surface area contributed by atoms with E-state index in [9.17, 15) is 4.79 Å². The van der Waals surface area contributed by atoms with Crippen molar-refractivity contribution in [2.75, 3.05) is 20.7 Å². The molecule has 1 atom stereocenters. The van der Waals surface area contributed by atoms with E-state index in [0.29, 0.717) is 17.2 Å². The molecule has 1 heterocycles. The number of hydrogen-bond donors (Lipinski definition) is 2. The number of carbonyl (C=O) groups excluding carboxylic acids is 1. The molecular weight excluding hydrogens is 224 g/mol. The van der Waals surface area contributed by atoms with Gasteiger partial charge in [-0.3, -0.25) is 4.79 Å². The van der Waals surface area contributed by atoms with E-state index in [1.165, 1.54) is 11.3 Å². The highest BCUT2D eigenvalue weighted by Crippen LogP contribution is 2.28. The predicted octanol–water partition coefficient (Wildman–Crippen LogP) is 1.40. The van der Waals surface area contributed by atoms with Crippen molar-refractivity contribution in [3.8, 4) is 5.75 Å². The number of thiophene rings is 1. The first kappa shape index (κ1) is 13.0. The summed E-state index contributed by atoms with van der Waals surface area (Å²) in [5.74, 6) is 0.578. The van der Waals surface area contributed by atoms with E-state index in [-0.39, 0.29) is 11.9 Å². The van der Waals surface area contributed by atoms with Gasteiger partial charge in [-0.25, -0.2) is 0 Å². The summed E-state index contributed by atoms with van der Waals surface area (Å²) in [6.07, 6.45) is 0. The summed E-state index contributed by atoms with van der Waals surface area (Å²) < 4.78 is 5.15. The molecule has 0 saturated carbocycles. The first-order valence-corrected chi connectivity index (χ1v) is 6.00. The summed E-state index contributed by atoms with van der Waals surface area (Å²) in [5, 5.41) is 5.93. The normalized spacial score (nSPS) is 12.2. The maximum Gasteiger partial charge on any atom is 0.265 e. The van der Waals surface area contributed by atoms with Crippen molar-refractivity contribution < 1.29 is 9.53 Å². The third-order valence-electron chi connectivity index (χ3n) is 2.31. The van der Waals surface area contributed by atoms with Crippen molar-refractivity contribution in [1.82, 2.24) is 10.6 Å². The second kappa shape index (κ2) is 5.86. The third kappa shape index (κ3) is 3.21. The molecule has 0 bridgehead atoms. The smallest absolute Gasteiger partial charge is 0.265 e. The Labute approximate surface area is 100 Å². The van der Waals surface area contributed by atoms with Crippen LogP contribution in [0, 0.1) is 6.92 Å². The molecule has 5 heteroatoms. The zero-order valence-electron chi connectivity index (χ0n) is 10.1. The molecule has 0 aliphatic rings. The fourth-order valence-electron chi connectivity index (χ4n) is 1.23. The number of likely N-dealkylation sites (N-methyl/N-ethyl adjacent to an activating group) is 1. The van der Waals surface area contributed by atoms with Gasteiger partial charge in [0.05, 0.1) is 7.11 Å². The highest BCUT2D eigenvalue weighted by atomic mass is 32.1. The monoisotopic (exact) mass is 242 g/mol. The van der Waals surface area contributed by atoms with Crippen molar-refractivity contribution in [3.05, 3.63) is 15.8 Å². The second-order valence-corrected chi connectivity index (χ2v) is 4.91. The zero-order valence-corrected chi connectivity index (χ0v) is 10.9. The Morgan fingerprint density at radius 2 is 2.31 bits per heavy atom. The topological polar surface area (TPSA) is 50.4 Å². The third-order valence-corrected chi connectivity index (χ3v) is 3.34. The largest absolute Gasteiger partial charge is 0.495 e. The van der Waals surface area contributed by atoms with Gasteiger partial charge in [0, 0.05) is 17.5 Å². The molecule has 0 fully saturated rings. The van der Waals surface area contributed by atoms with Gasteiger partial charge >= 0.3 is 0 Å². The molecule has 2 N–H and O–H groups in total. The number of hydrogen-bond acceptors (Lipinski definition) is 4. The lowest BCUT2D eigenvalue weighted by atomic mass is 10.3. The van der Waals surface area contributed by atoms with Crippen LogP contribution in [0.15, 0.2) is 6.07 Å². The molecule has 16 heavy (non-hydrogen) atoms. The molecule has 1 amide bonds.